The topological polar surface area (TPSA) is 69.7 Å². The van der Waals surface area contributed by atoms with Gasteiger partial charge in [0.15, 0.2) is 0 Å². The molecule has 1 aromatic rings. The molecule has 1 aliphatic heterocycles. The molecule has 0 aliphatic carbocycles. The van der Waals surface area contributed by atoms with Crippen molar-refractivity contribution >= 4 is 25.7 Å². The zero-order valence-corrected chi connectivity index (χ0v) is 12.1. The lowest BCUT2D eigenvalue weighted by Crippen LogP contribution is -2.18. The number of rotatable bonds is 3. The standard InChI is InChI=1S/C12H12ClFO5S/c1-7-10(14)4-8(5-11(7)20(13,16)17)12(15)19-9-2-3-18-6-9/h4-5,9H,2-3,6H2,1H3. The summed E-state index contributed by atoms with van der Waals surface area (Å²) in [6, 6.07) is 1.94. The van der Waals surface area contributed by atoms with E-state index in [4.69, 9.17) is 20.2 Å². The van der Waals surface area contributed by atoms with E-state index in [-0.39, 0.29) is 17.7 Å². The highest BCUT2D eigenvalue weighted by molar-refractivity contribution is 8.13. The molecule has 1 atom stereocenters. The Morgan fingerprint density at radius 3 is 2.75 bits per heavy atom. The third-order valence-corrected chi connectivity index (χ3v) is 4.40. The van der Waals surface area contributed by atoms with Gasteiger partial charge in [0.1, 0.15) is 11.9 Å². The minimum atomic E-state index is -4.14. The van der Waals surface area contributed by atoms with Gasteiger partial charge in [0.05, 0.1) is 23.7 Å². The molecule has 1 saturated heterocycles. The van der Waals surface area contributed by atoms with E-state index in [0.717, 1.165) is 12.1 Å². The molecule has 0 aromatic heterocycles. The Hall–Kier alpha value is -1.18. The average molecular weight is 323 g/mol. The molecule has 2 rings (SSSR count). The first-order valence-corrected chi connectivity index (χ1v) is 8.13. The lowest BCUT2D eigenvalue weighted by atomic mass is 10.1. The molecule has 5 nitrogen and oxygen atoms in total. The highest BCUT2D eigenvalue weighted by Gasteiger charge is 2.24. The summed E-state index contributed by atoms with van der Waals surface area (Å²) in [5.74, 6) is -1.64. The van der Waals surface area contributed by atoms with E-state index in [2.05, 4.69) is 0 Å². The Balaban J connectivity index is 2.32. The van der Waals surface area contributed by atoms with E-state index in [1.54, 1.807) is 0 Å². The third kappa shape index (κ3) is 3.28. The van der Waals surface area contributed by atoms with E-state index < -0.39 is 31.8 Å². The fraction of sp³-hybridized carbons (Fsp3) is 0.417. The van der Waals surface area contributed by atoms with Gasteiger partial charge in [-0.1, -0.05) is 0 Å². The van der Waals surface area contributed by atoms with Gasteiger partial charge in [0.2, 0.25) is 0 Å². The molecule has 8 heteroatoms. The van der Waals surface area contributed by atoms with E-state index in [9.17, 15) is 17.6 Å². The smallest absolute Gasteiger partial charge is 0.338 e. The lowest BCUT2D eigenvalue weighted by molar-refractivity contribution is 0.0270. The van der Waals surface area contributed by atoms with Crippen molar-refractivity contribution < 1.29 is 27.1 Å². The van der Waals surface area contributed by atoms with Gasteiger partial charge >= 0.3 is 5.97 Å². The molecule has 1 fully saturated rings. The van der Waals surface area contributed by atoms with Crippen LogP contribution in [0.3, 0.4) is 0 Å². The Labute approximate surface area is 120 Å². The summed E-state index contributed by atoms with van der Waals surface area (Å²) in [5.41, 5.74) is -0.333. The highest BCUT2D eigenvalue weighted by atomic mass is 35.7. The molecular formula is C12H12ClFO5S. The molecule has 0 spiro atoms. The van der Waals surface area contributed by atoms with Crippen LogP contribution in [0.2, 0.25) is 0 Å². The van der Waals surface area contributed by atoms with Crippen molar-refractivity contribution in [2.45, 2.75) is 24.3 Å². The molecule has 1 unspecified atom stereocenters. The molecule has 20 heavy (non-hydrogen) atoms. The fourth-order valence-electron chi connectivity index (χ4n) is 1.85. The number of benzene rings is 1. The number of ether oxygens (including phenoxy) is 2. The van der Waals surface area contributed by atoms with Gasteiger partial charge in [-0.3, -0.25) is 0 Å². The van der Waals surface area contributed by atoms with Crippen LogP contribution in [-0.4, -0.2) is 33.7 Å². The maximum absolute atomic E-state index is 13.7. The molecule has 0 saturated carbocycles. The minimum Gasteiger partial charge on any atom is -0.456 e. The van der Waals surface area contributed by atoms with Crippen LogP contribution in [0.15, 0.2) is 17.0 Å². The Morgan fingerprint density at radius 1 is 1.50 bits per heavy atom. The van der Waals surface area contributed by atoms with Crippen molar-refractivity contribution in [3.63, 3.8) is 0 Å². The van der Waals surface area contributed by atoms with Crippen LogP contribution in [0.1, 0.15) is 22.3 Å². The normalized spacial score (nSPS) is 19.1. The summed E-state index contributed by atoms with van der Waals surface area (Å²) < 4.78 is 46.5. The van der Waals surface area contributed by atoms with Crippen molar-refractivity contribution in [1.82, 2.24) is 0 Å². The van der Waals surface area contributed by atoms with Crippen molar-refractivity contribution in [3.05, 3.63) is 29.1 Å². The number of hydrogen-bond acceptors (Lipinski definition) is 5. The number of hydrogen-bond donors (Lipinski definition) is 0. The maximum Gasteiger partial charge on any atom is 0.338 e. The summed E-state index contributed by atoms with van der Waals surface area (Å²) in [6.45, 7) is 2.03. The van der Waals surface area contributed by atoms with Crippen molar-refractivity contribution in [3.8, 4) is 0 Å². The second-order valence-electron chi connectivity index (χ2n) is 4.41. The van der Waals surface area contributed by atoms with Crippen LogP contribution in [0.25, 0.3) is 0 Å². The van der Waals surface area contributed by atoms with Crippen molar-refractivity contribution in [1.29, 1.82) is 0 Å². The lowest BCUT2D eigenvalue weighted by Gasteiger charge is -2.11. The second kappa shape index (κ2) is 5.67. The molecular weight excluding hydrogens is 311 g/mol. The predicted octanol–water partition coefficient (Wildman–Crippen LogP) is 2.01. The van der Waals surface area contributed by atoms with E-state index in [1.807, 2.05) is 0 Å². The quantitative estimate of drug-likeness (QED) is 0.629. The summed E-state index contributed by atoms with van der Waals surface area (Å²) in [6.07, 6.45) is 0.156. The molecule has 110 valence electrons. The molecule has 0 radical (unpaired) electrons. The predicted molar refractivity (Wildman–Crippen MR) is 68.8 cm³/mol. The maximum atomic E-state index is 13.7. The van der Waals surface area contributed by atoms with Gasteiger partial charge in [-0.05, 0) is 19.1 Å². The number of esters is 1. The summed E-state index contributed by atoms with van der Waals surface area (Å²) in [7, 11) is 1.08. The monoisotopic (exact) mass is 322 g/mol. The zero-order chi connectivity index (χ0) is 14.9. The SMILES string of the molecule is Cc1c(F)cc(C(=O)OC2CCOC2)cc1S(=O)(=O)Cl. The van der Waals surface area contributed by atoms with Gasteiger partial charge in [-0.25, -0.2) is 17.6 Å². The van der Waals surface area contributed by atoms with Crippen LogP contribution in [0, 0.1) is 12.7 Å². The van der Waals surface area contributed by atoms with Crippen LogP contribution in [0.5, 0.6) is 0 Å². The average Bonchev–Trinajstić information content (AvgIpc) is 2.83. The summed E-state index contributed by atoms with van der Waals surface area (Å²) >= 11 is 0. The van der Waals surface area contributed by atoms with Crippen LogP contribution >= 0.6 is 10.7 Å². The summed E-state index contributed by atoms with van der Waals surface area (Å²) in [5, 5.41) is 0. The highest BCUT2D eigenvalue weighted by Crippen LogP contribution is 2.24. The zero-order valence-electron chi connectivity index (χ0n) is 10.6. The first-order chi connectivity index (χ1) is 9.29. The molecule has 1 aliphatic rings. The number of halogens is 2. The molecule has 0 bridgehead atoms. The molecule has 0 amide bonds. The Kier molecular flexibility index (Phi) is 4.31. The van der Waals surface area contributed by atoms with Crippen molar-refractivity contribution in [2.75, 3.05) is 13.2 Å². The minimum absolute atomic E-state index is 0.138. The van der Waals surface area contributed by atoms with E-state index in [0.29, 0.717) is 13.0 Å². The number of carbonyl (C=O) groups excluding carboxylic acids is 1. The van der Waals surface area contributed by atoms with Crippen LogP contribution in [-0.2, 0) is 18.5 Å². The van der Waals surface area contributed by atoms with Gasteiger partial charge in [0.25, 0.3) is 9.05 Å². The van der Waals surface area contributed by atoms with E-state index in [1.165, 1.54) is 6.92 Å². The first-order valence-electron chi connectivity index (χ1n) is 5.82. The second-order valence-corrected chi connectivity index (χ2v) is 6.94. The third-order valence-electron chi connectivity index (χ3n) is 2.96. The van der Waals surface area contributed by atoms with Crippen LogP contribution < -0.4 is 0 Å². The largest absolute Gasteiger partial charge is 0.456 e. The van der Waals surface area contributed by atoms with Crippen LogP contribution in [0.4, 0.5) is 4.39 Å². The molecule has 1 heterocycles. The van der Waals surface area contributed by atoms with Gasteiger partial charge in [-0.15, -0.1) is 0 Å². The Morgan fingerprint density at radius 2 is 2.20 bits per heavy atom. The van der Waals surface area contributed by atoms with Gasteiger partial charge in [0, 0.05) is 22.7 Å². The molecule has 1 aromatic carbocycles. The Bertz CT molecular complexity index is 637. The fourth-order valence-corrected chi connectivity index (χ4v) is 3.06. The van der Waals surface area contributed by atoms with E-state index >= 15 is 0 Å². The summed E-state index contributed by atoms with van der Waals surface area (Å²) in [4.78, 5) is 11.4. The first kappa shape index (κ1) is 15.2. The van der Waals surface area contributed by atoms with Gasteiger partial charge < -0.3 is 9.47 Å². The number of carbonyl (C=O) groups is 1. The molecule has 0 N–H and O–H groups in total. The van der Waals surface area contributed by atoms with Crippen molar-refractivity contribution in [2.24, 2.45) is 0 Å². The van der Waals surface area contributed by atoms with Gasteiger partial charge in [-0.2, -0.15) is 0 Å².